The first kappa shape index (κ1) is 20.5. The number of carbonyl (C=O) groups is 2. The van der Waals surface area contributed by atoms with Crippen molar-refractivity contribution in [2.75, 3.05) is 11.9 Å². The van der Waals surface area contributed by atoms with Gasteiger partial charge in [-0.1, -0.05) is 45.2 Å². The Morgan fingerprint density at radius 1 is 0.926 bits per heavy atom. The smallest absolute Gasteiger partial charge is 0.343 e. The Morgan fingerprint density at radius 3 is 2.37 bits per heavy atom. The predicted octanol–water partition coefficient (Wildman–Crippen LogP) is 5.21. The van der Waals surface area contributed by atoms with E-state index in [9.17, 15) is 9.59 Å². The minimum absolute atomic E-state index is 0.140. The Labute approximate surface area is 160 Å². The highest BCUT2D eigenvalue weighted by Gasteiger charge is 2.13. The number of hydrogen-bond donors (Lipinski definition) is 1. The van der Waals surface area contributed by atoms with Crippen LogP contribution < -0.4 is 14.8 Å². The van der Waals surface area contributed by atoms with Crippen molar-refractivity contribution < 1.29 is 19.1 Å². The number of unbranched alkanes of at least 4 members (excludes halogenated alkanes) is 3. The summed E-state index contributed by atoms with van der Waals surface area (Å²) in [6, 6.07) is 13.8. The van der Waals surface area contributed by atoms with Gasteiger partial charge in [-0.3, -0.25) is 4.79 Å². The molecule has 0 spiro atoms. The van der Waals surface area contributed by atoms with Gasteiger partial charge in [-0.2, -0.15) is 0 Å². The Kier molecular flexibility index (Phi) is 8.36. The molecule has 1 amide bonds. The van der Waals surface area contributed by atoms with Gasteiger partial charge in [-0.15, -0.1) is 0 Å². The summed E-state index contributed by atoms with van der Waals surface area (Å²) in [5.41, 5.74) is 0.898. The number of anilines is 1. The topological polar surface area (TPSA) is 64.6 Å². The Hall–Kier alpha value is -2.82. The number of hydrogen-bond acceptors (Lipinski definition) is 4. The zero-order valence-corrected chi connectivity index (χ0v) is 16.0. The maximum atomic E-state index is 12.4. The SMILES string of the molecule is CCCCCCOc1ccc(C(=O)Oc2ccccc2NC(=O)CC)cc1. The average Bonchev–Trinajstić information content (AvgIpc) is 2.69. The zero-order chi connectivity index (χ0) is 19.5. The fraction of sp³-hybridized carbons (Fsp3) is 0.364. The lowest BCUT2D eigenvalue weighted by atomic mass is 10.2. The molecule has 0 radical (unpaired) electrons. The van der Waals surface area contributed by atoms with Crippen LogP contribution in [0, 0.1) is 0 Å². The van der Waals surface area contributed by atoms with Crippen molar-refractivity contribution in [3.05, 3.63) is 54.1 Å². The average molecular weight is 369 g/mol. The third-order valence-electron chi connectivity index (χ3n) is 4.04. The van der Waals surface area contributed by atoms with Gasteiger partial charge in [0.15, 0.2) is 5.75 Å². The standard InChI is InChI=1S/C22H27NO4/c1-3-5-6-9-16-26-18-14-12-17(13-15-18)22(25)27-20-11-8-7-10-19(20)23-21(24)4-2/h7-8,10-15H,3-6,9,16H2,1-2H3,(H,23,24). The largest absolute Gasteiger partial charge is 0.494 e. The molecule has 0 aliphatic heterocycles. The summed E-state index contributed by atoms with van der Waals surface area (Å²) in [5.74, 6) is 0.431. The molecule has 0 saturated carbocycles. The van der Waals surface area contributed by atoms with Crippen molar-refractivity contribution in [1.29, 1.82) is 0 Å². The minimum Gasteiger partial charge on any atom is -0.494 e. The first-order chi connectivity index (χ1) is 13.1. The van der Waals surface area contributed by atoms with E-state index >= 15 is 0 Å². The van der Waals surface area contributed by atoms with Gasteiger partial charge in [-0.25, -0.2) is 4.79 Å². The molecule has 0 saturated heterocycles. The minimum atomic E-state index is -0.484. The summed E-state index contributed by atoms with van der Waals surface area (Å²) in [5, 5.41) is 2.73. The number of esters is 1. The van der Waals surface area contributed by atoms with E-state index in [4.69, 9.17) is 9.47 Å². The first-order valence-corrected chi connectivity index (χ1v) is 9.48. The summed E-state index contributed by atoms with van der Waals surface area (Å²) in [6.07, 6.45) is 4.95. The van der Waals surface area contributed by atoms with Gasteiger partial charge in [0.25, 0.3) is 0 Å². The first-order valence-electron chi connectivity index (χ1n) is 9.48. The van der Waals surface area contributed by atoms with E-state index in [0.29, 0.717) is 30.0 Å². The van der Waals surface area contributed by atoms with Crippen LogP contribution in [0.4, 0.5) is 5.69 Å². The molecule has 0 heterocycles. The summed E-state index contributed by atoms with van der Waals surface area (Å²) in [6.45, 7) is 4.61. The summed E-state index contributed by atoms with van der Waals surface area (Å²) < 4.78 is 11.1. The Bertz CT molecular complexity index is 740. The quantitative estimate of drug-likeness (QED) is 0.354. The van der Waals surface area contributed by atoms with Crippen molar-refractivity contribution in [2.45, 2.75) is 46.0 Å². The van der Waals surface area contributed by atoms with Crippen LogP contribution in [0.25, 0.3) is 0 Å². The van der Waals surface area contributed by atoms with Crippen molar-refractivity contribution in [1.82, 2.24) is 0 Å². The lowest BCUT2D eigenvalue weighted by molar-refractivity contribution is -0.115. The van der Waals surface area contributed by atoms with Gasteiger partial charge in [0.1, 0.15) is 5.75 Å². The second kappa shape index (κ2) is 11.0. The normalized spacial score (nSPS) is 10.3. The van der Waals surface area contributed by atoms with E-state index < -0.39 is 5.97 Å². The summed E-state index contributed by atoms with van der Waals surface area (Å²) in [7, 11) is 0. The van der Waals surface area contributed by atoms with E-state index in [2.05, 4.69) is 12.2 Å². The zero-order valence-electron chi connectivity index (χ0n) is 16.0. The number of carbonyl (C=O) groups excluding carboxylic acids is 2. The van der Waals surface area contributed by atoms with Crippen molar-refractivity contribution in [3.8, 4) is 11.5 Å². The maximum absolute atomic E-state index is 12.4. The third kappa shape index (κ3) is 6.77. The molecule has 0 bridgehead atoms. The number of benzene rings is 2. The monoisotopic (exact) mass is 369 g/mol. The maximum Gasteiger partial charge on any atom is 0.343 e. The van der Waals surface area contributed by atoms with Crippen molar-refractivity contribution >= 4 is 17.6 Å². The Balaban J connectivity index is 1.93. The van der Waals surface area contributed by atoms with Crippen LogP contribution >= 0.6 is 0 Å². The van der Waals surface area contributed by atoms with Crippen LogP contribution in [0.15, 0.2) is 48.5 Å². The number of para-hydroxylation sites is 2. The number of ether oxygens (including phenoxy) is 2. The molecule has 144 valence electrons. The van der Waals surface area contributed by atoms with Gasteiger partial charge in [0.2, 0.25) is 5.91 Å². The van der Waals surface area contributed by atoms with Gasteiger partial charge in [0.05, 0.1) is 17.9 Å². The molecule has 0 atom stereocenters. The molecule has 2 aromatic carbocycles. The molecule has 0 unspecified atom stereocenters. The van der Waals surface area contributed by atoms with E-state index in [-0.39, 0.29) is 5.91 Å². The molecule has 0 aliphatic rings. The van der Waals surface area contributed by atoms with Crippen LogP contribution in [0.3, 0.4) is 0 Å². The van der Waals surface area contributed by atoms with Gasteiger partial charge in [-0.05, 0) is 42.8 Å². The molecule has 2 aromatic rings. The molecule has 5 heteroatoms. The highest BCUT2D eigenvalue weighted by molar-refractivity contribution is 5.95. The Morgan fingerprint density at radius 2 is 1.67 bits per heavy atom. The second-order valence-electron chi connectivity index (χ2n) is 6.22. The molecule has 2 rings (SSSR count). The number of nitrogens with one attached hydrogen (secondary N) is 1. The van der Waals surface area contributed by atoms with Gasteiger partial charge >= 0.3 is 5.97 Å². The van der Waals surface area contributed by atoms with Crippen LogP contribution in [0.2, 0.25) is 0 Å². The highest BCUT2D eigenvalue weighted by Crippen LogP contribution is 2.25. The molecule has 5 nitrogen and oxygen atoms in total. The van der Waals surface area contributed by atoms with E-state index in [1.165, 1.54) is 12.8 Å². The molecule has 27 heavy (non-hydrogen) atoms. The molecule has 1 N–H and O–H groups in total. The van der Waals surface area contributed by atoms with Gasteiger partial charge < -0.3 is 14.8 Å². The predicted molar refractivity (Wildman–Crippen MR) is 106 cm³/mol. The van der Waals surface area contributed by atoms with E-state index in [0.717, 1.165) is 18.6 Å². The van der Waals surface area contributed by atoms with Crippen LogP contribution in [-0.4, -0.2) is 18.5 Å². The molecule has 0 aromatic heterocycles. The second-order valence-corrected chi connectivity index (χ2v) is 6.22. The summed E-state index contributed by atoms with van der Waals surface area (Å²) >= 11 is 0. The third-order valence-corrected chi connectivity index (χ3v) is 4.04. The lowest BCUT2D eigenvalue weighted by Gasteiger charge is -2.11. The van der Waals surface area contributed by atoms with Crippen LogP contribution in [0.1, 0.15) is 56.3 Å². The van der Waals surface area contributed by atoms with Crippen LogP contribution in [0.5, 0.6) is 11.5 Å². The van der Waals surface area contributed by atoms with E-state index in [1.807, 2.05) is 0 Å². The fourth-order valence-electron chi connectivity index (χ4n) is 2.46. The van der Waals surface area contributed by atoms with Crippen molar-refractivity contribution in [2.24, 2.45) is 0 Å². The molecular formula is C22H27NO4. The van der Waals surface area contributed by atoms with E-state index in [1.54, 1.807) is 55.5 Å². The van der Waals surface area contributed by atoms with Crippen LogP contribution in [-0.2, 0) is 4.79 Å². The number of amides is 1. The summed E-state index contributed by atoms with van der Waals surface area (Å²) in [4.78, 5) is 24.0. The molecule has 0 aliphatic carbocycles. The molecule has 0 fully saturated rings. The van der Waals surface area contributed by atoms with Crippen molar-refractivity contribution in [3.63, 3.8) is 0 Å². The van der Waals surface area contributed by atoms with Gasteiger partial charge in [0, 0.05) is 6.42 Å². The number of rotatable bonds is 10. The fourth-order valence-corrected chi connectivity index (χ4v) is 2.46. The lowest BCUT2D eigenvalue weighted by Crippen LogP contribution is -2.13. The molecular weight excluding hydrogens is 342 g/mol. The highest BCUT2D eigenvalue weighted by atomic mass is 16.5.